The topological polar surface area (TPSA) is 31.5 Å². The van der Waals surface area contributed by atoms with E-state index in [2.05, 4.69) is 25.3 Å². The second kappa shape index (κ2) is 30.2. The summed E-state index contributed by atoms with van der Waals surface area (Å²) in [7, 11) is 0. The van der Waals surface area contributed by atoms with Crippen LogP contribution >= 0.6 is 25.3 Å². The van der Waals surface area contributed by atoms with E-state index in [0.717, 1.165) is 11.5 Å². The van der Waals surface area contributed by atoms with Crippen LogP contribution < -0.4 is 0 Å². The predicted molar refractivity (Wildman–Crippen MR) is 42.7 cm³/mol. The zero-order chi connectivity index (χ0) is 5.41. The number of hydrogen-bond acceptors (Lipinski definition) is 2. The molecule has 0 aromatic rings. The largest absolute Gasteiger partial charge is 0.412 e. The highest BCUT2D eigenvalue weighted by Crippen LogP contribution is 1.58. The quantitative estimate of drug-likeness (QED) is 0.474. The Morgan fingerprint density at radius 2 is 1.00 bits per heavy atom. The second-order valence-electron chi connectivity index (χ2n) is 0.632. The van der Waals surface area contributed by atoms with E-state index in [9.17, 15) is 0 Å². The van der Waals surface area contributed by atoms with E-state index in [4.69, 9.17) is 0 Å². The lowest BCUT2D eigenvalue weighted by molar-refractivity contribution is 0.824. The van der Waals surface area contributed by atoms with Gasteiger partial charge in [-0.05, 0) is 11.5 Å². The van der Waals surface area contributed by atoms with Gasteiger partial charge in [-0.25, -0.2) is 0 Å². The summed E-state index contributed by atoms with van der Waals surface area (Å²) < 4.78 is 0. The fourth-order valence-electron chi connectivity index (χ4n) is 0. The van der Waals surface area contributed by atoms with E-state index in [0.29, 0.717) is 0 Å². The number of hydrogen-bond donors (Lipinski definition) is 2. The monoisotopic (exact) mass is 142 g/mol. The van der Waals surface area contributed by atoms with Crippen molar-refractivity contribution in [3.05, 3.63) is 0 Å². The first kappa shape index (κ1) is 15.6. The van der Waals surface area contributed by atoms with Crippen LogP contribution in [0.1, 0.15) is 13.8 Å². The van der Waals surface area contributed by atoms with E-state index in [1.165, 1.54) is 0 Å². The van der Waals surface area contributed by atoms with Crippen molar-refractivity contribution < 1.29 is 5.48 Å². The van der Waals surface area contributed by atoms with Crippen molar-refractivity contribution >= 4 is 25.3 Å². The molecule has 0 spiro atoms. The molecule has 0 saturated heterocycles. The van der Waals surface area contributed by atoms with Gasteiger partial charge in [0, 0.05) is 0 Å². The molecule has 0 saturated carbocycles. The van der Waals surface area contributed by atoms with Gasteiger partial charge >= 0.3 is 0 Å². The van der Waals surface area contributed by atoms with E-state index >= 15 is 0 Å². The fraction of sp³-hybridized carbons (Fsp3) is 1.00. The average molecular weight is 142 g/mol. The Morgan fingerprint density at radius 1 is 1.00 bits per heavy atom. The highest BCUT2D eigenvalue weighted by Gasteiger charge is 1.35. The maximum Gasteiger partial charge on any atom is -0.0126 e. The zero-order valence-electron chi connectivity index (χ0n) is 4.81. The molecular weight excluding hydrogens is 128 g/mol. The smallest absolute Gasteiger partial charge is 0.0126 e. The van der Waals surface area contributed by atoms with Gasteiger partial charge in [-0.3, -0.25) is 0 Å². The summed E-state index contributed by atoms with van der Waals surface area (Å²) in [6.45, 7) is 3.98. The summed E-state index contributed by atoms with van der Waals surface area (Å²) in [5.74, 6) is 1.89. The Labute approximate surface area is 56.6 Å². The Bertz CT molecular complexity index is 11.7. The summed E-state index contributed by atoms with van der Waals surface area (Å²) in [4.78, 5) is 0. The molecule has 1 nitrogen and oxygen atoms in total. The molecule has 0 rings (SSSR count). The molecule has 0 radical (unpaired) electrons. The summed E-state index contributed by atoms with van der Waals surface area (Å²) in [5.41, 5.74) is 0. The lowest BCUT2D eigenvalue weighted by Crippen LogP contribution is -1.36. The van der Waals surface area contributed by atoms with Gasteiger partial charge in [0.05, 0.1) is 0 Å². The average Bonchev–Trinajstić information content (AvgIpc) is 1.39. The summed E-state index contributed by atoms with van der Waals surface area (Å²) in [6.07, 6.45) is 0. The molecule has 0 amide bonds. The van der Waals surface area contributed by atoms with Gasteiger partial charge < -0.3 is 5.48 Å². The number of thiol groups is 2. The van der Waals surface area contributed by atoms with Crippen LogP contribution in [-0.2, 0) is 0 Å². The minimum absolute atomic E-state index is 0. The van der Waals surface area contributed by atoms with E-state index in [1.54, 1.807) is 0 Å². The van der Waals surface area contributed by atoms with Crippen molar-refractivity contribution in [1.82, 2.24) is 0 Å². The highest BCUT2D eigenvalue weighted by atomic mass is 32.1. The van der Waals surface area contributed by atoms with Crippen LogP contribution in [0.5, 0.6) is 0 Å². The van der Waals surface area contributed by atoms with Gasteiger partial charge in [0.1, 0.15) is 0 Å². The van der Waals surface area contributed by atoms with Crippen molar-refractivity contribution in [2.45, 2.75) is 13.8 Å². The molecule has 0 aliphatic rings. The minimum Gasteiger partial charge on any atom is -0.412 e. The first-order valence-corrected chi connectivity index (χ1v) is 3.31. The van der Waals surface area contributed by atoms with Crippen LogP contribution in [0.3, 0.4) is 0 Å². The van der Waals surface area contributed by atoms with Crippen molar-refractivity contribution in [2.24, 2.45) is 0 Å². The molecule has 0 aliphatic heterocycles. The molecule has 0 heterocycles. The van der Waals surface area contributed by atoms with Crippen LogP contribution in [0.2, 0.25) is 0 Å². The maximum atomic E-state index is 3.79. The first-order valence-electron chi connectivity index (χ1n) is 2.05. The number of rotatable bonds is 0. The Kier molecular flexibility index (Phi) is 67.4. The van der Waals surface area contributed by atoms with Crippen molar-refractivity contribution in [1.29, 1.82) is 0 Å². The molecule has 0 atom stereocenters. The van der Waals surface area contributed by atoms with E-state index < -0.39 is 0 Å². The van der Waals surface area contributed by atoms with Gasteiger partial charge in [-0.15, -0.1) is 0 Å². The summed E-state index contributed by atoms with van der Waals surface area (Å²) in [6, 6.07) is 0. The maximum absolute atomic E-state index is 3.79. The van der Waals surface area contributed by atoms with E-state index in [-0.39, 0.29) is 5.48 Å². The Hall–Kier alpha value is 0.660. The Morgan fingerprint density at radius 3 is 1.00 bits per heavy atom. The van der Waals surface area contributed by atoms with E-state index in [1.807, 2.05) is 13.8 Å². The summed E-state index contributed by atoms with van der Waals surface area (Å²) >= 11 is 7.58. The highest BCUT2D eigenvalue weighted by molar-refractivity contribution is 7.80. The van der Waals surface area contributed by atoms with Crippen molar-refractivity contribution in [3.63, 3.8) is 0 Å². The third-order valence-corrected chi connectivity index (χ3v) is 0. The van der Waals surface area contributed by atoms with Crippen LogP contribution in [0, 0.1) is 0 Å². The molecular formula is C4H14OS2. The molecule has 0 bridgehead atoms. The molecule has 48 valence electrons. The third kappa shape index (κ3) is 332. The molecule has 2 N–H and O–H groups in total. The van der Waals surface area contributed by atoms with Gasteiger partial charge in [0.25, 0.3) is 0 Å². The van der Waals surface area contributed by atoms with Gasteiger partial charge in [-0.1, -0.05) is 13.8 Å². The van der Waals surface area contributed by atoms with Gasteiger partial charge in [0.15, 0.2) is 0 Å². The second-order valence-corrected chi connectivity index (χ2v) is 1.90. The fourth-order valence-corrected chi connectivity index (χ4v) is 0. The third-order valence-electron chi connectivity index (χ3n) is 0. The van der Waals surface area contributed by atoms with Crippen LogP contribution in [0.15, 0.2) is 0 Å². The van der Waals surface area contributed by atoms with Crippen LogP contribution in [0.4, 0.5) is 0 Å². The molecule has 0 unspecified atom stereocenters. The normalized spacial score (nSPS) is 5.14. The summed E-state index contributed by atoms with van der Waals surface area (Å²) in [5, 5.41) is 0. The first-order chi connectivity index (χ1) is 2.83. The van der Waals surface area contributed by atoms with Crippen molar-refractivity contribution in [3.8, 4) is 0 Å². The lowest BCUT2D eigenvalue weighted by Gasteiger charge is -1.48. The minimum atomic E-state index is 0. The van der Waals surface area contributed by atoms with Crippen LogP contribution in [-0.4, -0.2) is 17.0 Å². The van der Waals surface area contributed by atoms with Crippen LogP contribution in [0.25, 0.3) is 0 Å². The van der Waals surface area contributed by atoms with Gasteiger partial charge in [0.2, 0.25) is 0 Å². The van der Waals surface area contributed by atoms with Gasteiger partial charge in [-0.2, -0.15) is 25.3 Å². The predicted octanol–water partition coefficient (Wildman–Crippen LogP) is 1.05. The molecule has 3 heteroatoms. The molecule has 0 fully saturated rings. The Balaban J connectivity index is -0.0000000400. The molecule has 0 aromatic heterocycles. The molecule has 7 heavy (non-hydrogen) atoms. The molecule has 0 aliphatic carbocycles. The SMILES string of the molecule is CCS.CCS.O. The lowest BCUT2D eigenvalue weighted by atomic mass is 11.0. The molecule has 0 aromatic carbocycles. The zero-order valence-corrected chi connectivity index (χ0v) is 6.60. The van der Waals surface area contributed by atoms with Crippen molar-refractivity contribution in [2.75, 3.05) is 11.5 Å². The standard InChI is InChI=1S/2C2H6S.H2O/c2*1-2-3;/h2*3H,2H2,1H3;1H2.